The Labute approximate surface area is 178 Å². The van der Waals surface area contributed by atoms with E-state index in [0.717, 1.165) is 24.8 Å². The fraction of sp³-hybridized carbons (Fsp3) is 0.714. The molecule has 8 nitrogen and oxygen atoms in total. The van der Waals surface area contributed by atoms with Crippen LogP contribution in [0, 0.1) is 5.92 Å². The minimum absolute atomic E-state index is 0.203. The average molecular weight is 440 g/mol. The van der Waals surface area contributed by atoms with E-state index in [1.807, 2.05) is 20.8 Å². The highest BCUT2D eigenvalue weighted by molar-refractivity contribution is 7.90. The molecule has 1 saturated heterocycles. The van der Waals surface area contributed by atoms with E-state index >= 15 is 0 Å². The number of fused-ring (bicyclic) bond motifs is 1. The molecule has 2 atom stereocenters. The minimum atomic E-state index is -3.63. The van der Waals surface area contributed by atoms with E-state index in [4.69, 9.17) is 10.5 Å². The Morgan fingerprint density at radius 2 is 1.83 bits per heavy atom. The first-order chi connectivity index (χ1) is 14.0. The first-order valence-corrected chi connectivity index (χ1v) is 12.2. The van der Waals surface area contributed by atoms with Gasteiger partial charge in [-0.15, -0.1) is 0 Å². The first kappa shape index (κ1) is 22.8. The van der Waals surface area contributed by atoms with Crippen LogP contribution in [0.15, 0.2) is 23.3 Å². The van der Waals surface area contributed by atoms with Crippen LogP contribution in [-0.4, -0.2) is 55.3 Å². The Kier molecular flexibility index (Phi) is 6.62. The van der Waals surface area contributed by atoms with Gasteiger partial charge in [-0.25, -0.2) is 17.9 Å². The molecule has 1 heterocycles. The van der Waals surface area contributed by atoms with Gasteiger partial charge >= 0.3 is 6.09 Å². The molecule has 168 valence electrons. The molecule has 2 aliphatic carbocycles. The molecule has 1 aliphatic heterocycles. The fourth-order valence-corrected chi connectivity index (χ4v) is 6.42. The van der Waals surface area contributed by atoms with Crippen molar-refractivity contribution in [1.82, 2.24) is 9.62 Å². The van der Waals surface area contributed by atoms with Crippen LogP contribution in [0.25, 0.3) is 0 Å². The van der Waals surface area contributed by atoms with E-state index < -0.39 is 26.8 Å². The number of nitrogens with one attached hydrogen (secondary N) is 1. The number of hydrogen-bond acceptors (Lipinski definition) is 5. The number of ether oxygens (including phenoxy) is 1. The lowest BCUT2D eigenvalue weighted by atomic mass is 9.76. The number of carbonyl (C=O) groups excluding carboxylic acids is 2. The summed E-state index contributed by atoms with van der Waals surface area (Å²) >= 11 is 0. The summed E-state index contributed by atoms with van der Waals surface area (Å²) < 4.78 is 34.6. The van der Waals surface area contributed by atoms with Crippen molar-refractivity contribution in [3.63, 3.8) is 0 Å². The van der Waals surface area contributed by atoms with E-state index in [2.05, 4.69) is 4.72 Å². The van der Waals surface area contributed by atoms with Crippen molar-refractivity contribution in [1.29, 1.82) is 0 Å². The number of amides is 2. The molecule has 2 amide bonds. The third-order valence-electron chi connectivity index (χ3n) is 5.96. The normalized spacial score (nSPS) is 25.8. The predicted molar refractivity (Wildman–Crippen MR) is 114 cm³/mol. The molecule has 9 heteroatoms. The number of primary amides is 1. The second-order valence-corrected chi connectivity index (χ2v) is 11.3. The van der Waals surface area contributed by atoms with Crippen LogP contribution >= 0.6 is 0 Å². The number of nitrogens with two attached hydrogens (primary N) is 1. The van der Waals surface area contributed by atoms with Crippen molar-refractivity contribution in [2.24, 2.45) is 11.7 Å². The summed E-state index contributed by atoms with van der Waals surface area (Å²) in [4.78, 5) is 25.6. The van der Waals surface area contributed by atoms with Crippen molar-refractivity contribution >= 4 is 22.0 Å². The molecular weight excluding hydrogens is 406 g/mol. The van der Waals surface area contributed by atoms with Gasteiger partial charge in [0.1, 0.15) is 10.9 Å². The second-order valence-electron chi connectivity index (χ2n) is 9.38. The average Bonchev–Trinajstić information content (AvgIpc) is 2.65. The maximum Gasteiger partial charge on any atom is 0.410 e. The van der Waals surface area contributed by atoms with E-state index in [1.165, 1.54) is 0 Å². The van der Waals surface area contributed by atoms with Gasteiger partial charge in [0.25, 0.3) is 0 Å². The zero-order chi connectivity index (χ0) is 22.1. The number of carbonyl (C=O) groups is 2. The van der Waals surface area contributed by atoms with Crippen LogP contribution < -0.4 is 10.5 Å². The number of rotatable bonds is 4. The lowest BCUT2D eigenvalue weighted by molar-refractivity contribution is -0.114. The van der Waals surface area contributed by atoms with Crippen molar-refractivity contribution in [3.8, 4) is 0 Å². The smallest absolute Gasteiger partial charge is 0.410 e. The zero-order valence-electron chi connectivity index (χ0n) is 18.0. The molecule has 3 aliphatic rings. The number of nitrogens with zero attached hydrogens (tertiary/aromatic N) is 1. The molecule has 3 rings (SSSR count). The maximum atomic E-state index is 13.2. The molecule has 30 heavy (non-hydrogen) atoms. The van der Waals surface area contributed by atoms with Crippen LogP contribution in [0.5, 0.6) is 0 Å². The highest BCUT2D eigenvalue weighted by Crippen LogP contribution is 2.40. The number of likely N-dealkylation sites (tertiary alicyclic amines) is 1. The van der Waals surface area contributed by atoms with Gasteiger partial charge in [-0.3, -0.25) is 4.79 Å². The second kappa shape index (κ2) is 8.70. The highest BCUT2D eigenvalue weighted by atomic mass is 32.2. The summed E-state index contributed by atoms with van der Waals surface area (Å²) in [7, 11) is -3.63. The standard InChI is InChI=1S/C21H33N3O5S/c1-21(2,3)29-20(26)24-12-10-14(11-13-24)23-30(27,28)18-9-8-17(19(22)25)15-6-4-5-7-16(15)18/h8-9,14,16,18,23H,4-7,10-13H2,1-3H3,(H2,22,25). The van der Waals surface area contributed by atoms with Crippen LogP contribution in [0.2, 0.25) is 0 Å². The highest BCUT2D eigenvalue weighted by Gasteiger charge is 2.40. The predicted octanol–water partition coefficient (Wildman–Crippen LogP) is 2.22. The maximum absolute atomic E-state index is 13.2. The summed E-state index contributed by atoms with van der Waals surface area (Å²) in [6, 6.07) is -0.226. The van der Waals surface area contributed by atoms with Gasteiger partial charge < -0.3 is 15.4 Å². The summed E-state index contributed by atoms with van der Waals surface area (Å²) in [5.74, 6) is -0.697. The van der Waals surface area contributed by atoms with Crippen LogP contribution in [0.1, 0.15) is 59.3 Å². The van der Waals surface area contributed by atoms with Gasteiger partial charge in [0, 0.05) is 30.6 Å². The van der Waals surface area contributed by atoms with Crippen LogP contribution in [-0.2, 0) is 19.6 Å². The van der Waals surface area contributed by atoms with Gasteiger partial charge in [-0.1, -0.05) is 24.1 Å². The van der Waals surface area contributed by atoms with E-state index in [-0.39, 0.29) is 18.1 Å². The summed E-state index contributed by atoms with van der Waals surface area (Å²) in [6.07, 6.45) is 7.23. The Morgan fingerprint density at radius 1 is 1.17 bits per heavy atom. The van der Waals surface area contributed by atoms with Gasteiger partial charge in [0.2, 0.25) is 15.9 Å². The quantitative estimate of drug-likeness (QED) is 0.696. The molecule has 0 radical (unpaired) electrons. The van der Waals surface area contributed by atoms with Crippen LogP contribution in [0.4, 0.5) is 4.79 Å². The molecule has 2 fully saturated rings. The fourth-order valence-electron chi connectivity index (χ4n) is 4.55. The Bertz CT molecular complexity index is 848. The van der Waals surface area contributed by atoms with Crippen molar-refractivity contribution < 1.29 is 22.7 Å². The molecule has 1 saturated carbocycles. The van der Waals surface area contributed by atoms with Gasteiger partial charge in [0.15, 0.2) is 0 Å². The third kappa shape index (κ3) is 5.24. The lowest BCUT2D eigenvalue weighted by Crippen LogP contribution is -2.50. The molecule has 3 N–H and O–H groups in total. The van der Waals surface area contributed by atoms with E-state index in [1.54, 1.807) is 17.1 Å². The van der Waals surface area contributed by atoms with Crippen LogP contribution in [0.3, 0.4) is 0 Å². The van der Waals surface area contributed by atoms with E-state index in [0.29, 0.717) is 37.9 Å². The summed E-state index contributed by atoms with van der Waals surface area (Å²) in [5, 5.41) is -0.695. The Balaban J connectivity index is 1.63. The Morgan fingerprint density at radius 3 is 2.43 bits per heavy atom. The number of sulfonamides is 1. The molecule has 0 aromatic rings. The number of allylic oxidation sites excluding steroid dienone is 1. The van der Waals surface area contributed by atoms with Crippen molar-refractivity contribution in [3.05, 3.63) is 23.3 Å². The van der Waals surface area contributed by atoms with Gasteiger partial charge in [-0.05, 0) is 52.9 Å². The Hall–Kier alpha value is -1.87. The van der Waals surface area contributed by atoms with Gasteiger partial charge in [0.05, 0.1) is 0 Å². The molecule has 0 aromatic heterocycles. The first-order valence-electron chi connectivity index (χ1n) is 10.7. The lowest BCUT2D eigenvalue weighted by Gasteiger charge is -2.37. The molecule has 0 aromatic carbocycles. The summed E-state index contributed by atoms with van der Waals surface area (Å²) in [5.41, 5.74) is 6.29. The van der Waals surface area contributed by atoms with Crippen molar-refractivity contribution in [2.75, 3.05) is 13.1 Å². The van der Waals surface area contributed by atoms with Gasteiger partial charge in [-0.2, -0.15) is 0 Å². The molecule has 0 bridgehead atoms. The topological polar surface area (TPSA) is 119 Å². The SMILES string of the molecule is CC(C)(C)OC(=O)N1CCC(NS(=O)(=O)C2C=CC(C(N)=O)=C3CCCCC32)CC1. The molecule has 2 unspecified atom stereocenters. The zero-order valence-corrected chi connectivity index (χ0v) is 18.8. The minimum Gasteiger partial charge on any atom is -0.444 e. The van der Waals surface area contributed by atoms with E-state index in [9.17, 15) is 18.0 Å². The third-order valence-corrected chi connectivity index (χ3v) is 7.82. The number of piperidine rings is 1. The monoisotopic (exact) mass is 439 g/mol. The summed E-state index contributed by atoms with van der Waals surface area (Å²) in [6.45, 7) is 6.36. The largest absolute Gasteiger partial charge is 0.444 e. The number of hydrogen-bond donors (Lipinski definition) is 2. The van der Waals surface area contributed by atoms with Crippen molar-refractivity contribution in [2.45, 2.75) is 76.2 Å². The molecular formula is C21H33N3O5S. The molecule has 0 spiro atoms.